The van der Waals surface area contributed by atoms with E-state index in [-0.39, 0.29) is 5.54 Å². The van der Waals surface area contributed by atoms with Crippen molar-refractivity contribution in [2.24, 2.45) is 5.92 Å². The minimum atomic E-state index is 0.0972. The molecule has 4 heteroatoms. The van der Waals surface area contributed by atoms with Gasteiger partial charge in [0.1, 0.15) is 0 Å². The lowest BCUT2D eigenvalue weighted by Crippen LogP contribution is -2.33. The van der Waals surface area contributed by atoms with Crippen LogP contribution in [0.25, 0.3) is 5.65 Å². The molecule has 90 valence electrons. The summed E-state index contributed by atoms with van der Waals surface area (Å²) in [6.07, 6.45) is 4.58. The highest BCUT2D eigenvalue weighted by Gasteiger charge is 2.38. The summed E-state index contributed by atoms with van der Waals surface area (Å²) < 4.78 is 1.82. The number of anilines is 1. The SMILES string of the molecule is Cc1ccn2nc(NC(C)(C)C3CC3)nc2c1. The third kappa shape index (κ3) is 1.99. The van der Waals surface area contributed by atoms with Gasteiger partial charge >= 0.3 is 0 Å². The molecule has 3 rings (SSSR count). The normalized spacial score (nSPS) is 16.4. The van der Waals surface area contributed by atoms with E-state index in [1.54, 1.807) is 0 Å². The summed E-state index contributed by atoms with van der Waals surface area (Å²) >= 11 is 0. The molecule has 17 heavy (non-hydrogen) atoms. The fraction of sp³-hybridized carbons (Fsp3) is 0.538. The van der Waals surface area contributed by atoms with Crippen LogP contribution in [-0.2, 0) is 0 Å². The molecular weight excluding hydrogens is 212 g/mol. The highest BCUT2D eigenvalue weighted by atomic mass is 15.4. The van der Waals surface area contributed by atoms with E-state index in [0.29, 0.717) is 0 Å². The molecule has 2 aromatic heterocycles. The molecular formula is C13H18N4. The first-order valence-electron chi connectivity index (χ1n) is 6.16. The molecule has 2 aromatic rings. The molecule has 1 saturated carbocycles. The van der Waals surface area contributed by atoms with Gasteiger partial charge in [-0.1, -0.05) is 0 Å². The number of pyridine rings is 1. The predicted molar refractivity (Wildman–Crippen MR) is 68.1 cm³/mol. The zero-order valence-corrected chi connectivity index (χ0v) is 10.6. The second-order valence-corrected chi connectivity index (χ2v) is 5.56. The lowest BCUT2D eigenvalue weighted by atomic mass is 9.99. The molecule has 0 aromatic carbocycles. The fourth-order valence-corrected chi connectivity index (χ4v) is 2.23. The van der Waals surface area contributed by atoms with Gasteiger partial charge in [-0.05, 0) is 57.2 Å². The van der Waals surface area contributed by atoms with Gasteiger partial charge in [-0.25, -0.2) is 4.52 Å². The Morgan fingerprint density at radius 3 is 2.88 bits per heavy atom. The Balaban J connectivity index is 1.90. The summed E-state index contributed by atoms with van der Waals surface area (Å²) in [5.41, 5.74) is 2.21. The average molecular weight is 230 g/mol. The van der Waals surface area contributed by atoms with Gasteiger partial charge in [0, 0.05) is 11.7 Å². The lowest BCUT2D eigenvalue weighted by Gasteiger charge is -2.24. The zero-order valence-electron chi connectivity index (χ0n) is 10.6. The molecule has 1 N–H and O–H groups in total. The molecule has 0 aliphatic heterocycles. The van der Waals surface area contributed by atoms with Crippen molar-refractivity contribution in [3.63, 3.8) is 0 Å². The van der Waals surface area contributed by atoms with Crippen LogP contribution in [-0.4, -0.2) is 20.1 Å². The van der Waals surface area contributed by atoms with Gasteiger partial charge in [0.15, 0.2) is 5.65 Å². The molecule has 2 heterocycles. The number of aryl methyl sites for hydroxylation is 1. The first-order chi connectivity index (χ1) is 8.04. The number of rotatable bonds is 3. The number of hydrogen-bond acceptors (Lipinski definition) is 3. The molecule has 0 bridgehead atoms. The third-order valence-electron chi connectivity index (χ3n) is 3.52. The van der Waals surface area contributed by atoms with Gasteiger partial charge in [-0.15, -0.1) is 5.10 Å². The highest BCUT2D eigenvalue weighted by Crippen LogP contribution is 2.40. The molecule has 4 nitrogen and oxygen atoms in total. The van der Waals surface area contributed by atoms with E-state index in [1.165, 1.54) is 18.4 Å². The smallest absolute Gasteiger partial charge is 0.243 e. The number of fused-ring (bicyclic) bond motifs is 1. The van der Waals surface area contributed by atoms with Crippen LogP contribution < -0.4 is 5.32 Å². The Labute approximate surface area is 101 Å². The Morgan fingerprint density at radius 1 is 1.41 bits per heavy atom. The van der Waals surface area contributed by atoms with Crippen LogP contribution in [0, 0.1) is 12.8 Å². The van der Waals surface area contributed by atoms with Crippen LogP contribution in [0.15, 0.2) is 18.3 Å². The summed E-state index contributed by atoms with van der Waals surface area (Å²) in [5, 5.41) is 7.89. The summed E-state index contributed by atoms with van der Waals surface area (Å²) in [6, 6.07) is 4.08. The van der Waals surface area contributed by atoms with Crippen LogP contribution in [0.1, 0.15) is 32.3 Å². The summed E-state index contributed by atoms with van der Waals surface area (Å²) in [6.45, 7) is 6.51. The van der Waals surface area contributed by atoms with Gasteiger partial charge in [0.25, 0.3) is 0 Å². The van der Waals surface area contributed by atoms with Crippen LogP contribution in [0.3, 0.4) is 0 Å². The maximum Gasteiger partial charge on any atom is 0.243 e. The van der Waals surface area contributed by atoms with Crippen LogP contribution in [0.5, 0.6) is 0 Å². The van der Waals surface area contributed by atoms with Crippen molar-refractivity contribution < 1.29 is 0 Å². The van der Waals surface area contributed by atoms with E-state index in [2.05, 4.69) is 36.2 Å². The van der Waals surface area contributed by atoms with Crippen molar-refractivity contribution >= 4 is 11.6 Å². The molecule has 0 radical (unpaired) electrons. The number of hydrogen-bond donors (Lipinski definition) is 1. The van der Waals surface area contributed by atoms with Gasteiger partial charge < -0.3 is 5.32 Å². The summed E-state index contributed by atoms with van der Waals surface area (Å²) in [4.78, 5) is 4.51. The van der Waals surface area contributed by atoms with Crippen molar-refractivity contribution in [2.75, 3.05) is 5.32 Å². The monoisotopic (exact) mass is 230 g/mol. The van der Waals surface area contributed by atoms with E-state index in [1.807, 2.05) is 22.8 Å². The lowest BCUT2D eigenvalue weighted by molar-refractivity contribution is 0.490. The second kappa shape index (κ2) is 3.45. The number of aromatic nitrogens is 3. The van der Waals surface area contributed by atoms with Crippen molar-refractivity contribution in [2.45, 2.75) is 39.2 Å². The van der Waals surface area contributed by atoms with E-state index in [0.717, 1.165) is 17.5 Å². The molecule has 1 aliphatic rings. The van der Waals surface area contributed by atoms with Crippen molar-refractivity contribution in [1.29, 1.82) is 0 Å². The Morgan fingerprint density at radius 2 is 2.18 bits per heavy atom. The van der Waals surface area contributed by atoms with E-state index < -0.39 is 0 Å². The summed E-state index contributed by atoms with van der Waals surface area (Å²) in [7, 11) is 0. The Bertz CT molecular complexity index is 552. The van der Waals surface area contributed by atoms with Crippen molar-refractivity contribution in [1.82, 2.24) is 14.6 Å². The molecule has 0 unspecified atom stereocenters. The summed E-state index contributed by atoms with van der Waals surface area (Å²) in [5.74, 6) is 1.49. The number of nitrogens with one attached hydrogen (secondary N) is 1. The molecule has 1 fully saturated rings. The molecule has 0 amide bonds. The van der Waals surface area contributed by atoms with Gasteiger partial charge in [-0.3, -0.25) is 0 Å². The molecule has 0 atom stereocenters. The zero-order chi connectivity index (χ0) is 12.0. The van der Waals surface area contributed by atoms with Crippen molar-refractivity contribution in [3.05, 3.63) is 23.9 Å². The number of nitrogens with zero attached hydrogens (tertiary/aromatic N) is 3. The topological polar surface area (TPSA) is 42.2 Å². The van der Waals surface area contributed by atoms with E-state index >= 15 is 0 Å². The van der Waals surface area contributed by atoms with Gasteiger partial charge in [0.2, 0.25) is 5.95 Å². The van der Waals surface area contributed by atoms with Crippen LogP contribution in [0.4, 0.5) is 5.95 Å². The van der Waals surface area contributed by atoms with Gasteiger partial charge in [-0.2, -0.15) is 4.98 Å². The molecule has 0 spiro atoms. The first kappa shape index (κ1) is 10.6. The van der Waals surface area contributed by atoms with E-state index in [4.69, 9.17) is 0 Å². The third-order valence-corrected chi connectivity index (χ3v) is 3.52. The van der Waals surface area contributed by atoms with Crippen LogP contribution in [0.2, 0.25) is 0 Å². The second-order valence-electron chi connectivity index (χ2n) is 5.56. The molecule has 1 aliphatic carbocycles. The standard InChI is InChI=1S/C13H18N4/c1-9-6-7-17-11(8-9)14-12(16-17)15-13(2,3)10-4-5-10/h6-8,10H,4-5H2,1-3H3,(H,15,16). The molecule has 0 saturated heterocycles. The average Bonchev–Trinajstić information content (AvgIpc) is 3.01. The fourth-order valence-electron chi connectivity index (χ4n) is 2.23. The van der Waals surface area contributed by atoms with Gasteiger partial charge in [0.05, 0.1) is 0 Å². The maximum atomic E-state index is 4.51. The minimum absolute atomic E-state index is 0.0972. The quantitative estimate of drug-likeness (QED) is 0.881. The predicted octanol–water partition coefficient (Wildman–Crippen LogP) is 2.64. The minimum Gasteiger partial charge on any atom is -0.348 e. The van der Waals surface area contributed by atoms with Crippen LogP contribution >= 0.6 is 0 Å². The Kier molecular flexibility index (Phi) is 2.15. The first-order valence-corrected chi connectivity index (χ1v) is 6.16. The highest BCUT2D eigenvalue weighted by molar-refractivity contribution is 5.46. The van der Waals surface area contributed by atoms with Crippen molar-refractivity contribution in [3.8, 4) is 0 Å². The Hall–Kier alpha value is -1.58. The largest absolute Gasteiger partial charge is 0.348 e. The van der Waals surface area contributed by atoms with E-state index in [9.17, 15) is 0 Å². The maximum absolute atomic E-state index is 4.51.